The predicted octanol–water partition coefficient (Wildman–Crippen LogP) is 0.791. The van der Waals surface area contributed by atoms with Gasteiger partial charge < -0.3 is 20.6 Å². The van der Waals surface area contributed by atoms with E-state index >= 15 is 0 Å². The highest BCUT2D eigenvalue weighted by Gasteiger charge is 2.32. The van der Waals surface area contributed by atoms with E-state index in [1.807, 2.05) is 12.1 Å². The molecule has 98 valence electrons. The Kier molecular flexibility index (Phi) is 3.38. The number of nitrogens with zero attached hydrogens (tertiary/aromatic N) is 3. The van der Waals surface area contributed by atoms with Crippen molar-refractivity contribution in [2.75, 3.05) is 24.7 Å². The highest BCUT2D eigenvalue weighted by molar-refractivity contribution is 6.00. The Morgan fingerprint density at radius 1 is 1.61 bits per heavy atom. The van der Waals surface area contributed by atoms with Crippen molar-refractivity contribution in [2.24, 2.45) is 10.9 Å². The van der Waals surface area contributed by atoms with E-state index in [4.69, 9.17) is 15.7 Å². The highest BCUT2D eigenvalue weighted by atomic mass is 16.5. The molecule has 0 atom stereocenters. The summed E-state index contributed by atoms with van der Waals surface area (Å²) in [6.07, 6.45) is 1.63. The normalized spacial score (nSPS) is 19.9. The Morgan fingerprint density at radius 3 is 3.06 bits per heavy atom. The molecule has 0 aliphatic carbocycles. The van der Waals surface area contributed by atoms with E-state index in [-0.39, 0.29) is 11.4 Å². The summed E-state index contributed by atoms with van der Waals surface area (Å²) >= 11 is 0. The van der Waals surface area contributed by atoms with E-state index in [9.17, 15) is 0 Å². The van der Waals surface area contributed by atoms with Crippen LogP contribution >= 0.6 is 0 Å². The van der Waals surface area contributed by atoms with Crippen LogP contribution in [-0.2, 0) is 4.74 Å². The SMILES string of the molecule is CC1(C)COCCN1c1cccnc1/C(N)=N/O. The van der Waals surface area contributed by atoms with Crippen LogP contribution in [0.4, 0.5) is 5.69 Å². The van der Waals surface area contributed by atoms with Crippen LogP contribution in [0.3, 0.4) is 0 Å². The lowest BCUT2D eigenvalue weighted by Gasteiger charge is -2.44. The molecule has 0 amide bonds. The lowest BCUT2D eigenvalue weighted by atomic mass is 10.0. The number of hydrogen-bond acceptors (Lipinski definition) is 5. The molecule has 1 aromatic rings. The topological polar surface area (TPSA) is 84.0 Å². The molecule has 1 aromatic heterocycles. The molecule has 0 unspecified atom stereocenters. The Morgan fingerprint density at radius 2 is 2.39 bits per heavy atom. The van der Waals surface area contributed by atoms with E-state index in [1.165, 1.54) is 0 Å². The van der Waals surface area contributed by atoms with Crippen molar-refractivity contribution in [3.8, 4) is 0 Å². The molecule has 0 bridgehead atoms. The van der Waals surface area contributed by atoms with Gasteiger partial charge in [-0.2, -0.15) is 0 Å². The van der Waals surface area contributed by atoms with Crippen molar-refractivity contribution in [1.82, 2.24) is 4.98 Å². The maximum absolute atomic E-state index is 8.82. The molecule has 0 saturated carbocycles. The van der Waals surface area contributed by atoms with Crippen LogP contribution in [-0.4, -0.2) is 41.3 Å². The summed E-state index contributed by atoms with van der Waals surface area (Å²) in [6, 6.07) is 3.77. The fourth-order valence-corrected chi connectivity index (χ4v) is 2.16. The molecule has 0 spiro atoms. The summed E-state index contributed by atoms with van der Waals surface area (Å²) in [5, 5.41) is 11.9. The van der Waals surface area contributed by atoms with E-state index < -0.39 is 0 Å². The van der Waals surface area contributed by atoms with Gasteiger partial charge >= 0.3 is 0 Å². The number of oxime groups is 1. The molecule has 0 radical (unpaired) electrons. The molecule has 6 nitrogen and oxygen atoms in total. The zero-order chi connectivity index (χ0) is 13.2. The molecule has 1 aliphatic rings. The average molecular weight is 250 g/mol. The molecule has 1 fully saturated rings. The number of aromatic nitrogens is 1. The van der Waals surface area contributed by atoms with E-state index in [0.717, 1.165) is 12.2 Å². The second kappa shape index (κ2) is 4.81. The summed E-state index contributed by atoms with van der Waals surface area (Å²) < 4.78 is 5.49. The zero-order valence-electron chi connectivity index (χ0n) is 10.6. The number of morpholine rings is 1. The van der Waals surface area contributed by atoms with Gasteiger partial charge in [0.15, 0.2) is 5.84 Å². The first-order chi connectivity index (χ1) is 8.56. The highest BCUT2D eigenvalue weighted by Crippen LogP contribution is 2.28. The van der Waals surface area contributed by atoms with Gasteiger partial charge in [0.2, 0.25) is 0 Å². The number of rotatable bonds is 2. The van der Waals surface area contributed by atoms with Crippen molar-refractivity contribution < 1.29 is 9.94 Å². The molecule has 1 saturated heterocycles. The zero-order valence-corrected chi connectivity index (χ0v) is 10.6. The minimum atomic E-state index is -0.147. The lowest BCUT2D eigenvalue weighted by molar-refractivity contribution is 0.0643. The second-order valence-electron chi connectivity index (χ2n) is 4.87. The Balaban J connectivity index is 2.44. The summed E-state index contributed by atoms with van der Waals surface area (Å²) in [5.74, 6) is 0.0212. The van der Waals surface area contributed by atoms with Gasteiger partial charge in [-0.25, -0.2) is 0 Å². The summed E-state index contributed by atoms with van der Waals surface area (Å²) in [5.41, 5.74) is 6.88. The molecule has 3 N–H and O–H groups in total. The molecule has 1 aliphatic heterocycles. The molecule has 0 aromatic carbocycles. The number of ether oxygens (including phenoxy) is 1. The van der Waals surface area contributed by atoms with Gasteiger partial charge in [-0.1, -0.05) is 5.16 Å². The number of hydrogen-bond donors (Lipinski definition) is 2. The number of nitrogens with two attached hydrogens (primary N) is 1. The summed E-state index contributed by atoms with van der Waals surface area (Å²) in [6.45, 7) is 6.24. The molecule has 6 heteroatoms. The van der Waals surface area contributed by atoms with E-state index in [0.29, 0.717) is 18.9 Å². The number of amidine groups is 1. The first kappa shape index (κ1) is 12.6. The largest absolute Gasteiger partial charge is 0.409 e. The predicted molar refractivity (Wildman–Crippen MR) is 69.0 cm³/mol. The number of anilines is 1. The number of pyridine rings is 1. The van der Waals surface area contributed by atoms with Gasteiger partial charge in [0, 0.05) is 12.7 Å². The fraction of sp³-hybridized carbons (Fsp3) is 0.500. The molecular formula is C12H18N4O2. The Bertz CT molecular complexity index is 459. The van der Waals surface area contributed by atoms with Crippen LogP contribution in [0.25, 0.3) is 0 Å². The average Bonchev–Trinajstić information content (AvgIpc) is 2.37. The van der Waals surface area contributed by atoms with E-state index in [2.05, 4.69) is 28.9 Å². The smallest absolute Gasteiger partial charge is 0.190 e. The van der Waals surface area contributed by atoms with E-state index in [1.54, 1.807) is 6.20 Å². The third-order valence-electron chi connectivity index (χ3n) is 3.07. The minimum Gasteiger partial charge on any atom is -0.409 e. The molecule has 2 rings (SSSR count). The first-order valence-electron chi connectivity index (χ1n) is 5.84. The van der Waals surface area contributed by atoms with Gasteiger partial charge in [0.25, 0.3) is 0 Å². The standard InChI is InChI=1S/C12H18N4O2/c1-12(2)8-18-7-6-16(12)9-4-3-5-14-10(9)11(13)15-17/h3-5,17H,6-8H2,1-2H3,(H2,13,15). The van der Waals surface area contributed by atoms with Crippen LogP contribution < -0.4 is 10.6 Å². The van der Waals surface area contributed by atoms with Gasteiger partial charge in [-0.05, 0) is 26.0 Å². The Labute approximate surface area is 106 Å². The van der Waals surface area contributed by atoms with Crippen LogP contribution in [0, 0.1) is 0 Å². The fourth-order valence-electron chi connectivity index (χ4n) is 2.16. The lowest BCUT2D eigenvalue weighted by Crippen LogP contribution is -2.53. The third kappa shape index (κ3) is 2.24. The van der Waals surface area contributed by atoms with Gasteiger partial charge in [0.1, 0.15) is 5.69 Å². The van der Waals surface area contributed by atoms with Crippen molar-refractivity contribution in [3.05, 3.63) is 24.0 Å². The van der Waals surface area contributed by atoms with Crippen molar-refractivity contribution in [3.63, 3.8) is 0 Å². The summed E-state index contributed by atoms with van der Waals surface area (Å²) in [4.78, 5) is 6.37. The molecule has 2 heterocycles. The maximum atomic E-state index is 8.82. The second-order valence-corrected chi connectivity index (χ2v) is 4.87. The quantitative estimate of drug-likeness (QED) is 0.351. The van der Waals surface area contributed by atoms with Crippen LogP contribution in [0.15, 0.2) is 23.5 Å². The van der Waals surface area contributed by atoms with Crippen LogP contribution in [0.2, 0.25) is 0 Å². The minimum absolute atomic E-state index is 0.0212. The summed E-state index contributed by atoms with van der Waals surface area (Å²) in [7, 11) is 0. The van der Waals surface area contributed by atoms with Gasteiger partial charge in [-0.3, -0.25) is 4.98 Å². The third-order valence-corrected chi connectivity index (χ3v) is 3.07. The molecule has 18 heavy (non-hydrogen) atoms. The van der Waals surface area contributed by atoms with Crippen LogP contribution in [0.1, 0.15) is 19.5 Å². The maximum Gasteiger partial charge on any atom is 0.190 e. The van der Waals surface area contributed by atoms with Crippen molar-refractivity contribution >= 4 is 11.5 Å². The van der Waals surface area contributed by atoms with Gasteiger partial charge in [-0.15, -0.1) is 0 Å². The first-order valence-corrected chi connectivity index (χ1v) is 5.84. The monoisotopic (exact) mass is 250 g/mol. The molecular weight excluding hydrogens is 232 g/mol. The van der Waals surface area contributed by atoms with Gasteiger partial charge in [0.05, 0.1) is 24.4 Å². The van der Waals surface area contributed by atoms with Crippen molar-refractivity contribution in [1.29, 1.82) is 0 Å². The Hall–Kier alpha value is -1.82. The van der Waals surface area contributed by atoms with Crippen LogP contribution in [0.5, 0.6) is 0 Å². The van der Waals surface area contributed by atoms with Crippen molar-refractivity contribution in [2.45, 2.75) is 19.4 Å².